The lowest BCUT2D eigenvalue weighted by molar-refractivity contribution is -0.122. The Kier molecular flexibility index (Phi) is 4.64. The highest BCUT2D eigenvalue weighted by Gasteiger charge is 2.47. The fourth-order valence-electron chi connectivity index (χ4n) is 4.67. The number of allylic oxidation sites excluding steroid dienone is 1. The number of hydrogen-bond acceptors (Lipinski definition) is 8. The molecule has 1 amide bonds. The first-order valence-corrected chi connectivity index (χ1v) is 11.6. The maximum absolute atomic E-state index is 12.1. The normalized spacial score (nSPS) is 24.2. The molecule has 12 heteroatoms. The average molecular weight is 455 g/mol. The average Bonchev–Trinajstić information content (AvgIpc) is 3.44. The van der Waals surface area contributed by atoms with Crippen molar-refractivity contribution in [2.24, 2.45) is 28.6 Å². The van der Waals surface area contributed by atoms with E-state index in [2.05, 4.69) is 42.7 Å². The molecule has 0 spiro atoms. The summed E-state index contributed by atoms with van der Waals surface area (Å²) in [6.45, 7) is 1.66. The largest absolute Gasteiger partial charge is 0.369 e. The van der Waals surface area contributed by atoms with Crippen LogP contribution in [0.2, 0.25) is 0 Å². The number of rotatable bonds is 6. The van der Waals surface area contributed by atoms with E-state index in [0.29, 0.717) is 28.2 Å². The first-order chi connectivity index (χ1) is 15.2. The second-order valence-corrected chi connectivity index (χ2v) is 9.72. The lowest BCUT2D eigenvalue weighted by Gasteiger charge is -2.27. The molecule has 0 saturated heterocycles. The zero-order chi connectivity index (χ0) is 22.6. The van der Waals surface area contributed by atoms with Gasteiger partial charge in [0.05, 0.1) is 17.1 Å². The van der Waals surface area contributed by atoms with Gasteiger partial charge in [0.1, 0.15) is 5.52 Å². The van der Waals surface area contributed by atoms with Crippen LogP contribution in [0, 0.1) is 24.7 Å². The predicted octanol–water partition coefficient (Wildman–Crippen LogP) is 1.14. The number of benzene rings is 1. The Morgan fingerprint density at radius 3 is 2.75 bits per heavy atom. The van der Waals surface area contributed by atoms with Gasteiger partial charge in [-0.2, -0.15) is 9.97 Å². The van der Waals surface area contributed by atoms with E-state index in [1.807, 2.05) is 0 Å². The van der Waals surface area contributed by atoms with Crippen LogP contribution >= 0.6 is 0 Å². The number of carbonyl (C=O) groups is 1. The number of H-pyrrole nitrogens is 1. The second kappa shape index (κ2) is 7.28. The molecule has 2 aromatic heterocycles. The monoisotopic (exact) mass is 454 g/mol. The number of primary sulfonamides is 1. The van der Waals surface area contributed by atoms with Crippen LogP contribution in [0.4, 0.5) is 17.5 Å². The number of aryl methyl sites for hydroxylation is 1. The maximum atomic E-state index is 12.1. The minimum atomic E-state index is -3.88. The first-order valence-electron chi connectivity index (χ1n) is 10.1. The van der Waals surface area contributed by atoms with Crippen molar-refractivity contribution in [3.05, 3.63) is 42.2 Å². The zero-order valence-corrected chi connectivity index (χ0v) is 17.9. The van der Waals surface area contributed by atoms with Crippen molar-refractivity contribution in [3.63, 3.8) is 0 Å². The summed E-state index contributed by atoms with van der Waals surface area (Å²) in [5, 5.41) is 11.7. The third-order valence-electron chi connectivity index (χ3n) is 6.13. The number of primary amides is 1. The Morgan fingerprint density at radius 2 is 2.00 bits per heavy atom. The number of amides is 1. The van der Waals surface area contributed by atoms with Crippen LogP contribution in [0.1, 0.15) is 12.0 Å². The zero-order valence-electron chi connectivity index (χ0n) is 17.1. The molecule has 0 unspecified atom stereocenters. The molecule has 2 aliphatic rings. The topological polar surface area (TPSA) is 182 Å². The smallest absolute Gasteiger partial charge is 0.238 e. The minimum Gasteiger partial charge on any atom is -0.369 e. The molecule has 5 rings (SSSR count). The number of hydrogen-bond donors (Lipinski definition) is 5. The number of nitrogens with two attached hydrogens (primary N) is 2. The highest BCUT2D eigenvalue weighted by Crippen LogP contribution is 2.45. The van der Waals surface area contributed by atoms with Gasteiger partial charge < -0.3 is 21.4 Å². The fraction of sp³-hybridized carbons (Fsp3) is 0.300. The highest BCUT2D eigenvalue weighted by molar-refractivity contribution is 7.89. The summed E-state index contributed by atoms with van der Waals surface area (Å²) in [5.74, 6) is 0.315. The van der Waals surface area contributed by atoms with E-state index in [9.17, 15) is 13.2 Å². The van der Waals surface area contributed by atoms with E-state index >= 15 is 0 Å². The SMILES string of the molecule is Cc1ccc(Nc2nc(N[C@H]3[C@@H](C(N)=O)[C@H]4C=C[C@@H]3C4)c3[nH]cnc3n2)cc1S(N)(=O)=O. The van der Waals surface area contributed by atoms with Gasteiger partial charge in [-0.1, -0.05) is 18.2 Å². The van der Waals surface area contributed by atoms with Crippen molar-refractivity contribution < 1.29 is 13.2 Å². The predicted molar refractivity (Wildman–Crippen MR) is 118 cm³/mol. The Hall–Kier alpha value is -3.51. The fourth-order valence-corrected chi connectivity index (χ4v) is 5.48. The molecular formula is C20H22N8O3S. The summed E-state index contributed by atoms with van der Waals surface area (Å²) in [6.07, 6.45) is 6.53. The lowest BCUT2D eigenvalue weighted by atomic mass is 9.88. The van der Waals surface area contributed by atoms with Crippen molar-refractivity contribution in [2.75, 3.05) is 10.6 Å². The first kappa shape index (κ1) is 20.4. The van der Waals surface area contributed by atoms with Crippen molar-refractivity contribution in [1.29, 1.82) is 0 Å². The standard InChI is InChI=1S/C20H22N8O3S/c1-9-2-5-12(7-13(9)32(22,30)31)25-20-27-18-16(23-8-24-18)19(28-20)26-15-11-4-3-10(6-11)14(15)17(21)29/h2-5,7-8,10-11,14-15H,6H2,1H3,(H2,21,29)(H2,22,30,31)(H3,23,24,25,26,27,28)/t10-,11+,14-,15+/m0/s1. The van der Waals surface area contributed by atoms with Gasteiger partial charge in [-0.25, -0.2) is 18.5 Å². The summed E-state index contributed by atoms with van der Waals surface area (Å²) in [4.78, 5) is 28.3. The number of imidazole rings is 1. The molecule has 32 heavy (non-hydrogen) atoms. The molecular weight excluding hydrogens is 432 g/mol. The van der Waals surface area contributed by atoms with Gasteiger partial charge in [0.15, 0.2) is 11.5 Å². The van der Waals surface area contributed by atoms with Crippen molar-refractivity contribution in [1.82, 2.24) is 19.9 Å². The van der Waals surface area contributed by atoms with Gasteiger partial charge in [-0.15, -0.1) is 0 Å². The summed E-state index contributed by atoms with van der Waals surface area (Å²) >= 11 is 0. The van der Waals surface area contributed by atoms with E-state index in [-0.39, 0.29) is 40.5 Å². The summed E-state index contributed by atoms with van der Waals surface area (Å²) in [6, 6.07) is 4.59. The number of anilines is 3. The molecule has 1 saturated carbocycles. The van der Waals surface area contributed by atoms with Gasteiger partial charge in [0.25, 0.3) is 0 Å². The third-order valence-corrected chi connectivity index (χ3v) is 7.18. The van der Waals surface area contributed by atoms with E-state index in [1.165, 1.54) is 12.4 Å². The van der Waals surface area contributed by atoms with Gasteiger partial charge in [0, 0.05) is 11.7 Å². The van der Waals surface area contributed by atoms with Gasteiger partial charge in [0.2, 0.25) is 21.9 Å². The molecule has 2 aliphatic carbocycles. The summed E-state index contributed by atoms with van der Waals surface area (Å²) < 4.78 is 23.7. The van der Waals surface area contributed by atoms with Crippen molar-refractivity contribution in [3.8, 4) is 0 Å². The summed E-state index contributed by atoms with van der Waals surface area (Å²) in [5.41, 5.74) is 7.68. The van der Waals surface area contributed by atoms with E-state index in [1.54, 1.807) is 19.1 Å². The molecule has 2 bridgehead atoms. The maximum Gasteiger partial charge on any atom is 0.238 e. The van der Waals surface area contributed by atoms with E-state index in [4.69, 9.17) is 10.9 Å². The minimum absolute atomic E-state index is 0.0137. The number of nitrogens with one attached hydrogen (secondary N) is 3. The van der Waals surface area contributed by atoms with Gasteiger partial charge in [-0.3, -0.25) is 4.79 Å². The van der Waals surface area contributed by atoms with E-state index in [0.717, 1.165) is 6.42 Å². The Balaban J connectivity index is 1.49. The van der Waals surface area contributed by atoms with Crippen LogP contribution in [0.25, 0.3) is 11.2 Å². The number of sulfonamides is 1. The number of fused-ring (bicyclic) bond motifs is 3. The molecule has 1 aromatic carbocycles. The highest BCUT2D eigenvalue weighted by atomic mass is 32.2. The van der Waals surface area contributed by atoms with Crippen LogP contribution in [-0.4, -0.2) is 40.3 Å². The molecule has 2 heterocycles. The molecule has 0 radical (unpaired) electrons. The van der Waals surface area contributed by atoms with Gasteiger partial charge >= 0.3 is 0 Å². The number of nitrogens with zero attached hydrogens (tertiary/aromatic N) is 3. The molecule has 4 atom stereocenters. The van der Waals surface area contributed by atoms with Crippen LogP contribution in [0.3, 0.4) is 0 Å². The molecule has 7 N–H and O–H groups in total. The van der Waals surface area contributed by atoms with E-state index < -0.39 is 10.0 Å². The third kappa shape index (κ3) is 3.46. The molecule has 0 aliphatic heterocycles. The number of aromatic nitrogens is 4. The van der Waals surface area contributed by atoms with Crippen LogP contribution in [0.5, 0.6) is 0 Å². The Morgan fingerprint density at radius 1 is 1.22 bits per heavy atom. The molecule has 166 valence electrons. The summed E-state index contributed by atoms with van der Waals surface area (Å²) in [7, 11) is -3.88. The van der Waals surface area contributed by atoms with Crippen LogP contribution < -0.4 is 21.5 Å². The molecule has 11 nitrogen and oxygen atoms in total. The van der Waals surface area contributed by atoms with Crippen molar-refractivity contribution in [2.45, 2.75) is 24.3 Å². The number of aromatic amines is 1. The Bertz CT molecular complexity index is 1370. The molecule has 3 aromatic rings. The van der Waals surface area contributed by atoms with Gasteiger partial charge in [-0.05, 0) is 42.9 Å². The second-order valence-electron chi connectivity index (χ2n) is 8.19. The molecule has 1 fully saturated rings. The quantitative estimate of drug-likeness (QED) is 0.344. The van der Waals surface area contributed by atoms with Crippen LogP contribution in [0.15, 0.2) is 41.6 Å². The van der Waals surface area contributed by atoms with Crippen molar-refractivity contribution >= 4 is 44.5 Å². The Labute approximate surface area is 183 Å². The van der Waals surface area contributed by atoms with Crippen LogP contribution in [-0.2, 0) is 14.8 Å². The lowest BCUT2D eigenvalue weighted by Crippen LogP contribution is -2.41. The number of carbonyl (C=O) groups excluding carboxylic acids is 1.